The van der Waals surface area contributed by atoms with Crippen LogP contribution < -0.4 is 5.32 Å². The van der Waals surface area contributed by atoms with Gasteiger partial charge in [-0.1, -0.05) is 0 Å². The van der Waals surface area contributed by atoms with Crippen LogP contribution in [0.15, 0.2) is 0 Å². The molecule has 0 spiro atoms. The van der Waals surface area contributed by atoms with Gasteiger partial charge in [-0.25, -0.2) is 0 Å². The summed E-state index contributed by atoms with van der Waals surface area (Å²) < 4.78 is 0. The first-order valence-electron chi connectivity index (χ1n) is 6.76. The number of aliphatic hydroxyl groups excluding tert-OH is 5. The molecule has 11 heteroatoms. The molecule has 0 saturated carbocycles. The maximum absolute atomic E-state index is 10.2. The molecule has 0 aliphatic heterocycles. The molecule has 0 heterocycles. The first kappa shape index (κ1) is 23.9. The van der Waals surface area contributed by atoms with Gasteiger partial charge in [0.25, 0.3) is 0 Å². The third-order valence-electron chi connectivity index (χ3n) is 2.71. The van der Waals surface area contributed by atoms with Crippen molar-refractivity contribution in [3.8, 4) is 0 Å². The van der Waals surface area contributed by atoms with E-state index < -0.39 is 43.8 Å². The molecular weight excluding hydrogens is 316 g/mol. The fourth-order valence-electron chi connectivity index (χ4n) is 1.32. The van der Waals surface area contributed by atoms with Crippen LogP contribution in [0.5, 0.6) is 0 Å². The van der Waals surface area contributed by atoms with E-state index in [9.17, 15) is 9.59 Å². The lowest BCUT2D eigenvalue weighted by Gasteiger charge is -2.27. The van der Waals surface area contributed by atoms with Gasteiger partial charge in [0.05, 0.1) is 51.7 Å². The normalized spacial score (nSPS) is 11.0. The molecule has 0 aromatic rings. The second kappa shape index (κ2) is 14.3. The van der Waals surface area contributed by atoms with Crippen molar-refractivity contribution in [3.05, 3.63) is 0 Å². The SMILES string of the molecule is O=C(O)CN(CCO)CCO.O=C(O)CNC(CO)(CO)CO. The maximum Gasteiger partial charge on any atom is 0.317 e. The number of aliphatic carboxylic acids is 2. The summed E-state index contributed by atoms with van der Waals surface area (Å²) in [6.07, 6.45) is 0. The first-order valence-corrected chi connectivity index (χ1v) is 6.76. The van der Waals surface area contributed by atoms with Gasteiger partial charge in [-0.2, -0.15) is 0 Å². The van der Waals surface area contributed by atoms with Crippen LogP contribution in [0.4, 0.5) is 0 Å². The topological polar surface area (TPSA) is 191 Å². The predicted molar refractivity (Wildman–Crippen MR) is 77.9 cm³/mol. The van der Waals surface area contributed by atoms with Gasteiger partial charge in [-0.15, -0.1) is 0 Å². The van der Waals surface area contributed by atoms with Crippen molar-refractivity contribution in [2.45, 2.75) is 5.54 Å². The lowest BCUT2D eigenvalue weighted by molar-refractivity contribution is -0.139. The second-order valence-corrected chi connectivity index (χ2v) is 4.62. The molecule has 0 rings (SSSR count). The summed E-state index contributed by atoms with van der Waals surface area (Å²) in [6.45, 7) is -1.73. The second-order valence-electron chi connectivity index (χ2n) is 4.62. The van der Waals surface area contributed by atoms with Crippen LogP contribution in [0.2, 0.25) is 0 Å². The molecule has 0 fully saturated rings. The number of carboxylic acid groups (broad SMARTS) is 2. The Morgan fingerprint density at radius 3 is 1.52 bits per heavy atom. The molecule has 0 aromatic carbocycles. The Morgan fingerprint density at radius 2 is 1.26 bits per heavy atom. The number of nitrogens with one attached hydrogen (secondary N) is 1. The molecule has 0 bridgehead atoms. The van der Waals surface area contributed by atoms with Crippen molar-refractivity contribution in [3.63, 3.8) is 0 Å². The first-order chi connectivity index (χ1) is 10.8. The molecule has 138 valence electrons. The zero-order valence-corrected chi connectivity index (χ0v) is 12.8. The lowest BCUT2D eigenvalue weighted by Crippen LogP contribution is -2.56. The number of nitrogens with zero attached hydrogens (tertiary/aromatic N) is 1. The van der Waals surface area contributed by atoms with E-state index in [0.717, 1.165) is 0 Å². The Balaban J connectivity index is 0. The standard InChI is InChI=1S/C6H13NO5.C6H13NO4/c8-2-6(3-9,4-10)7-1-5(11)12;8-3-1-7(2-4-9)5-6(10)11/h7-10H,1-4H2,(H,11,12);8-9H,1-5H2,(H,10,11). The molecule has 8 N–H and O–H groups in total. The Morgan fingerprint density at radius 1 is 0.826 bits per heavy atom. The number of carbonyl (C=O) groups is 2. The fraction of sp³-hybridized carbons (Fsp3) is 0.833. The van der Waals surface area contributed by atoms with E-state index >= 15 is 0 Å². The molecule has 0 aromatic heterocycles. The van der Waals surface area contributed by atoms with E-state index in [2.05, 4.69) is 5.32 Å². The van der Waals surface area contributed by atoms with Crippen molar-refractivity contribution < 1.29 is 45.3 Å². The van der Waals surface area contributed by atoms with Crippen LogP contribution in [0.1, 0.15) is 0 Å². The van der Waals surface area contributed by atoms with Gasteiger partial charge in [0.2, 0.25) is 0 Å². The van der Waals surface area contributed by atoms with Gasteiger partial charge in [0.1, 0.15) is 0 Å². The van der Waals surface area contributed by atoms with Crippen LogP contribution in [0.25, 0.3) is 0 Å². The minimum atomic E-state index is -1.31. The third-order valence-corrected chi connectivity index (χ3v) is 2.71. The van der Waals surface area contributed by atoms with Crippen LogP contribution in [0.3, 0.4) is 0 Å². The average Bonchev–Trinajstić information content (AvgIpc) is 2.50. The molecule has 23 heavy (non-hydrogen) atoms. The third kappa shape index (κ3) is 12.9. The quantitative estimate of drug-likeness (QED) is 0.171. The van der Waals surface area contributed by atoms with E-state index in [1.54, 1.807) is 0 Å². The minimum absolute atomic E-state index is 0.0900. The molecule has 0 atom stereocenters. The van der Waals surface area contributed by atoms with Crippen molar-refractivity contribution in [2.75, 3.05) is 59.2 Å². The lowest BCUT2D eigenvalue weighted by atomic mass is 10.0. The zero-order chi connectivity index (χ0) is 18.3. The fourth-order valence-corrected chi connectivity index (χ4v) is 1.32. The molecule has 11 nitrogen and oxygen atoms in total. The van der Waals surface area contributed by atoms with Gasteiger partial charge < -0.3 is 35.7 Å². The van der Waals surface area contributed by atoms with Gasteiger partial charge in [0, 0.05) is 13.1 Å². The molecule has 0 radical (unpaired) electrons. The number of rotatable bonds is 12. The van der Waals surface area contributed by atoms with E-state index in [0.29, 0.717) is 0 Å². The summed E-state index contributed by atoms with van der Waals surface area (Å²) in [7, 11) is 0. The molecular formula is C12H26N2O9. The predicted octanol–water partition coefficient (Wildman–Crippen LogP) is -4.27. The molecule has 0 aliphatic carbocycles. The van der Waals surface area contributed by atoms with Crippen molar-refractivity contribution in [2.24, 2.45) is 0 Å². The van der Waals surface area contributed by atoms with Crippen LogP contribution in [-0.4, -0.2) is 117 Å². The molecule has 0 saturated heterocycles. The smallest absolute Gasteiger partial charge is 0.317 e. The van der Waals surface area contributed by atoms with Gasteiger partial charge in [-0.05, 0) is 0 Å². The van der Waals surface area contributed by atoms with Crippen molar-refractivity contribution >= 4 is 11.9 Å². The van der Waals surface area contributed by atoms with Crippen molar-refractivity contribution in [1.29, 1.82) is 0 Å². The minimum Gasteiger partial charge on any atom is -0.480 e. The molecule has 0 amide bonds. The summed E-state index contributed by atoms with van der Waals surface area (Å²) in [4.78, 5) is 21.7. The van der Waals surface area contributed by atoms with E-state index in [1.807, 2.05) is 0 Å². The molecule has 0 aliphatic rings. The van der Waals surface area contributed by atoms with E-state index in [1.165, 1.54) is 4.90 Å². The van der Waals surface area contributed by atoms with Crippen LogP contribution >= 0.6 is 0 Å². The summed E-state index contributed by atoms with van der Waals surface area (Å²) in [6, 6.07) is 0. The number of carboxylic acids is 2. The number of aliphatic hydroxyl groups is 5. The van der Waals surface area contributed by atoms with E-state index in [-0.39, 0.29) is 32.8 Å². The maximum atomic E-state index is 10.2. The van der Waals surface area contributed by atoms with E-state index in [4.69, 9.17) is 35.7 Å². The zero-order valence-electron chi connectivity index (χ0n) is 12.8. The monoisotopic (exact) mass is 342 g/mol. The highest BCUT2D eigenvalue weighted by Gasteiger charge is 2.27. The highest BCUT2D eigenvalue weighted by Crippen LogP contribution is 2.00. The summed E-state index contributed by atoms with van der Waals surface area (Å²) >= 11 is 0. The molecule has 0 unspecified atom stereocenters. The van der Waals surface area contributed by atoms with Crippen LogP contribution in [-0.2, 0) is 9.59 Å². The summed E-state index contributed by atoms with van der Waals surface area (Å²) in [5.74, 6) is -2.07. The van der Waals surface area contributed by atoms with Gasteiger partial charge in [0.15, 0.2) is 0 Å². The Kier molecular flexibility index (Phi) is 14.8. The number of hydrogen-bond acceptors (Lipinski definition) is 9. The number of hydrogen-bond donors (Lipinski definition) is 8. The highest BCUT2D eigenvalue weighted by molar-refractivity contribution is 5.69. The summed E-state index contributed by atoms with van der Waals surface area (Å²) in [5, 5.41) is 62.0. The summed E-state index contributed by atoms with van der Waals surface area (Å²) in [5.41, 5.74) is -1.31. The Labute approximate surface area is 133 Å². The van der Waals surface area contributed by atoms with Crippen LogP contribution in [0, 0.1) is 0 Å². The Bertz CT molecular complexity index is 309. The van der Waals surface area contributed by atoms with Gasteiger partial charge in [-0.3, -0.25) is 19.8 Å². The highest BCUT2D eigenvalue weighted by atomic mass is 16.4. The van der Waals surface area contributed by atoms with Crippen molar-refractivity contribution in [1.82, 2.24) is 10.2 Å². The largest absolute Gasteiger partial charge is 0.480 e. The van der Waals surface area contributed by atoms with Gasteiger partial charge >= 0.3 is 11.9 Å². The Hall–Kier alpha value is -1.34. The average molecular weight is 342 g/mol.